The average molecular weight is 310 g/mol. The topological polar surface area (TPSA) is 71.3 Å². The van der Waals surface area contributed by atoms with Gasteiger partial charge in [0.1, 0.15) is 6.10 Å². The van der Waals surface area contributed by atoms with E-state index in [2.05, 4.69) is 5.32 Å². The zero-order chi connectivity index (χ0) is 16.7. The predicted octanol–water partition coefficient (Wildman–Crippen LogP) is 2.76. The van der Waals surface area contributed by atoms with Crippen LogP contribution in [0.5, 0.6) is 11.5 Å². The van der Waals surface area contributed by atoms with E-state index in [0.29, 0.717) is 29.2 Å². The highest BCUT2D eigenvalue weighted by atomic mass is 16.5. The van der Waals surface area contributed by atoms with Crippen molar-refractivity contribution in [2.45, 2.75) is 13.0 Å². The lowest BCUT2D eigenvalue weighted by atomic mass is 10.1. The monoisotopic (exact) mass is 310 g/mol. The predicted molar refractivity (Wildman–Crippen MR) is 86.6 cm³/mol. The Morgan fingerprint density at radius 2 is 1.96 bits per heavy atom. The number of para-hydroxylation sites is 2. The largest absolute Gasteiger partial charge is 0.493 e. The third kappa shape index (κ3) is 4.48. The summed E-state index contributed by atoms with van der Waals surface area (Å²) < 4.78 is 11.0. The Labute approximate surface area is 135 Å². The second-order valence-corrected chi connectivity index (χ2v) is 4.98. The van der Waals surface area contributed by atoms with Gasteiger partial charge in [-0.2, -0.15) is 5.26 Å². The Balaban J connectivity index is 1.92. The van der Waals surface area contributed by atoms with Crippen LogP contribution in [-0.2, 0) is 0 Å². The number of nitrogens with zero attached hydrogens (tertiary/aromatic N) is 1. The number of hydrogen-bond acceptors (Lipinski definition) is 4. The fourth-order valence-corrected chi connectivity index (χ4v) is 2.04. The lowest BCUT2D eigenvalue weighted by Crippen LogP contribution is -2.33. The summed E-state index contributed by atoms with van der Waals surface area (Å²) in [5.74, 6) is 1.04. The summed E-state index contributed by atoms with van der Waals surface area (Å²) in [6.07, 6.45) is -0.227. The van der Waals surface area contributed by atoms with E-state index in [-0.39, 0.29) is 12.0 Å². The van der Waals surface area contributed by atoms with Crippen molar-refractivity contribution in [3.05, 3.63) is 59.7 Å². The summed E-state index contributed by atoms with van der Waals surface area (Å²) in [6, 6.07) is 15.9. The van der Waals surface area contributed by atoms with Crippen LogP contribution in [0.15, 0.2) is 48.5 Å². The summed E-state index contributed by atoms with van der Waals surface area (Å²) in [4.78, 5) is 12.1. The van der Waals surface area contributed by atoms with E-state index < -0.39 is 0 Å². The molecule has 0 aliphatic heterocycles. The second-order valence-electron chi connectivity index (χ2n) is 4.98. The molecule has 0 aliphatic carbocycles. The van der Waals surface area contributed by atoms with E-state index in [1.54, 1.807) is 31.4 Å². The number of carbonyl (C=O) groups is 1. The quantitative estimate of drug-likeness (QED) is 0.890. The normalized spacial score (nSPS) is 11.2. The van der Waals surface area contributed by atoms with Crippen LogP contribution >= 0.6 is 0 Å². The van der Waals surface area contributed by atoms with Crippen molar-refractivity contribution in [2.75, 3.05) is 13.7 Å². The maximum absolute atomic E-state index is 12.1. The maximum atomic E-state index is 12.1. The minimum absolute atomic E-state index is 0.227. The number of nitriles is 1. The zero-order valence-electron chi connectivity index (χ0n) is 13.1. The first kappa shape index (κ1) is 16.4. The third-order valence-corrected chi connectivity index (χ3v) is 3.20. The summed E-state index contributed by atoms with van der Waals surface area (Å²) in [5, 5.41) is 11.7. The summed E-state index contributed by atoms with van der Waals surface area (Å²) >= 11 is 0. The van der Waals surface area contributed by atoms with E-state index in [0.717, 1.165) is 0 Å². The number of rotatable bonds is 6. The van der Waals surface area contributed by atoms with E-state index >= 15 is 0 Å². The molecule has 0 spiro atoms. The molecule has 1 unspecified atom stereocenters. The number of nitrogens with one attached hydrogen (secondary N) is 1. The highest BCUT2D eigenvalue weighted by molar-refractivity contribution is 5.94. The van der Waals surface area contributed by atoms with Crippen LogP contribution in [0.4, 0.5) is 0 Å². The Bertz CT molecular complexity index is 722. The number of benzene rings is 2. The highest BCUT2D eigenvalue weighted by Gasteiger charge is 2.11. The Morgan fingerprint density at radius 3 is 2.65 bits per heavy atom. The average Bonchev–Trinajstić information content (AvgIpc) is 2.60. The molecule has 0 saturated heterocycles. The van der Waals surface area contributed by atoms with Crippen molar-refractivity contribution in [2.24, 2.45) is 0 Å². The first-order chi connectivity index (χ1) is 11.1. The SMILES string of the molecule is COc1ccccc1OC(C)CNC(=O)c1cccc(C#N)c1. The molecule has 118 valence electrons. The first-order valence-corrected chi connectivity index (χ1v) is 7.22. The van der Waals surface area contributed by atoms with Crippen LogP contribution in [-0.4, -0.2) is 25.7 Å². The molecular formula is C18H18N2O3. The van der Waals surface area contributed by atoms with Gasteiger partial charge in [0.2, 0.25) is 0 Å². The minimum atomic E-state index is -0.238. The standard InChI is InChI=1S/C18H18N2O3/c1-13(23-17-9-4-3-8-16(17)22-2)12-20-18(21)15-7-5-6-14(10-15)11-19/h3-10,13H,12H2,1-2H3,(H,20,21). The molecule has 1 atom stereocenters. The van der Waals surface area contributed by atoms with Crippen LogP contribution in [0, 0.1) is 11.3 Å². The lowest BCUT2D eigenvalue weighted by Gasteiger charge is -2.17. The molecule has 5 nitrogen and oxygen atoms in total. The number of carbonyl (C=O) groups excluding carboxylic acids is 1. The molecule has 0 aromatic heterocycles. The molecule has 0 bridgehead atoms. The summed E-state index contributed by atoms with van der Waals surface area (Å²) in [5.41, 5.74) is 0.907. The van der Waals surface area contributed by atoms with Gasteiger partial charge in [-0.3, -0.25) is 4.79 Å². The van der Waals surface area contributed by atoms with E-state index in [4.69, 9.17) is 14.7 Å². The van der Waals surface area contributed by atoms with Gasteiger partial charge in [-0.05, 0) is 37.3 Å². The van der Waals surface area contributed by atoms with E-state index in [1.165, 1.54) is 0 Å². The molecule has 0 radical (unpaired) electrons. The van der Waals surface area contributed by atoms with Gasteiger partial charge in [-0.15, -0.1) is 0 Å². The van der Waals surface area contributed by atoms with Gasteiger partial charge >= 0.3 is 0 Å². The number of hydrogen-bond donors (Lipinski definition) is 1. The van der Waals surface area contributed by atoms with Crippen molar-refractivity contribution >= 4 is 5.91 Å². The van der Waals surface area contributed by atoms with Gasteiger partial charge < -0.3 is 14.8 Å². The maximum Gasteiger partial charge on any atom is 0.251 e. The molecule has 0 aliphatic rings. The van der Waals surface area contributed by atoms with E-state index in [9.17, 15) is 4.79 Å². The van der Waals surface area contributed by atoms with Crippen molar-refractivity contribution in [1.29, 1.82) is 5.26 Å². The lowest BCUT2D eigenvalue weighted by molar-refractivity contribution is 0.0931. The highest BCUT2D eigenvalue weighted by Crippen LogP contribution is 2.26. The van der Waals surface area contributed by atoms with Gasteiger partial charge in [-0.25, -0.2) is 0 Å². The number of amides is 1. The third-order valence-electron chi connectivity index (χ3n) is 3.20. The van der Waals surface area contributed by atoms with Crippen LogP contribution in [0.2, 0.25) is 0 Å². The van der Waals surface area contributed by atoms with Gasteiger partial charge in [0.15, 0.2) is 11.5 Å². The van der Waals surface area contributed by atoms with Gasteiger partial charge in [0.05, 0.1) is 25.3 Å². The number of ether oxygens (including phenoxy) is 2. The molecule has 23 heavy (non-hydrogen) atoms. The molecule has 5 heteroatoms. The molecule has 0 saturated carbocycles. The van der Waals surface area contributed by atoms with Crippen LogP contribution in [0.3, 0.4) is 0 Å². The first-order valence-electron chi connectivity index (χ1n) is 7.22. The fraction of sp³-hybridized carbons (Fsp3) is 0.222. The Hall–Kier alpha value is -3.00. The van der Waals surface area contributed by atoms with Crippen LogP contribution in [0.1, 0.15) is 22.8 Å². The van der Waals surface area contributed by atoms with Gasteiger partial charge in [-0.1, -0.05) is 18.2 Å². The molecule has 2 aromatic carbocycles. The molecule has 0 fully saturated rings. The minimum Gasteiger partial charge on any atom is -0.493 e. The summed E-state index contributed by atoms with van der Waals surface area (Å²) in [7, 11) is 1.58. The smallest absolute Gasteiger partial charge is 0.251 e. The second kappa shape index (κ2) is 7.85. The molecule has 2 rings (SSSR count). The van der Waals surface area contributed by atoms with Crippen LogP contribution < -0.4 is 14.8 Å². The molecule has 1 amide bonds. The van der Waals surface area contributed by atoms with Crippen molar-refractivity contribution in [3.8, 4) is 17.6 Å². The molecule has 2 aromatic rings. The molecule has 1 N–H and O–H groups in total. The van der Waals surface area contributed by atoms with Crippen molar-refractivity contribution < 1.29 is 14.3 Å². The van der Waals surface area contributed by atoms with Crippen molar-refractivity contribution in [1.82, 2.24) is 5.32 Å². The Kier molecular flexibility index (Phi) is 5.59. The zero-order valence-corrected chi connectivity index (χ0v) is 13.1. The number of methoxy groups -OCH3 is 1. The Morgan fingerprint density at radius 1 is 1.22 bits per heavy atom. The van der Waals surface area contributed by atoms with Crippen LogP contribution in [0.25, 0.3) is 0 Å². The van der Waals surface area contributed by atoms with E-state index in [1.807, 2.05) is 37.3 Å². The molecular weight excluding hydrogens is 292 g/mol. The summed E-state index contributed by atoms with van der Waals surface area (Å²) in [6.45, 7) is 2.20. The van der Waals surface area contributed by atoms with Gasteiger partial charge in [0, 0.05) is 5.56 Å². The van der Waals surface area contributed by atoms with Gasteiger partial charge in [0.25, 0.3) is 5.91 Å². The molecule has 0 heterocycles. The fourth-order valence-electron chi connectivity index (χ4n) is 2.04. The van der Waals surface area contributed by atoms with Crippen molar-refractivity contribution in [3.63, 3.8) is 0 Å².